The number of nitrogens with two attached hydrogens (primary N) is 1. The molecule has 2 aromatic rings. The minimum atomic E-state index is -0.222. The fourth-order valence-corrected chi connectivity index (χ4v) is 2.82. The highest BCUT2D eigenvalue weighted by molar-refractivity contribution is 9.11. The fourth-order valence-electron chi connectivity index (χ4n) is 1.67. The number of nitrogens with one attached hydrogen (secondary N) is 1. The van der Waals surface area contributed by atoms with Crippen LogP contribution >= 0.6 is 31.9 Å². The Hall–Kier alpha value is -1.33. The summed E-state index contributed by atoms with van der Waals surface area (Å²) < 4.78 is 1.74. The van der Waals surface area contributed by atoms with Gasteiger partial charge in [-0.1, -0.05) is 22.0 Å². The highest BCUT2D eigenvalue weighted by Crippen LogP contribution is 2.27. The monoisotopic (exact) mass is 382 g/mol. The molecule has 2 aromatic carbocycles. The van der Waals surface area contributed by atoms with Crippen LogP contribution in [0.25, 0.3) is 0 Å². The zero-order valence-electron chi connectivity index (χ0n) is 10.2. The smallest absolute Gasteiger partial charge is 0.257 e. The zero-order chi connectivity index (χ0) is 14.0. The van der Waals surface area contributed by atoms with Crippen LogP contribution in [0.4, 0.5) is 11.4 Å². The van der Waals surface area contributed by atoms with Gasteiger partial charge in [-0.2, -0.15) is 0 Å². The van der Waals surface area contributed by atoms with Crippen molar-refractivity contribution in [3.63, 3.8) is 0 Å². The maximum absolute atomic E-state index is 12.2. The summed E-state index contributed by atoms with van der Waals surface area (Å²) in [4.78, 5) is 12.2. The third-order valence-corrected chi connectivity index (χ3v) is 3.78. The Labute approximate surface area is 128 Å². The van der Waals surface area contributed by atoms with E-state index in [-0.39, 0.29) is 5.91 Å². The molecule has 0 aromatic heterocycles. The highest BCUT2D eigenvalue weighted by Gasteiger charge is 2.11. The minimum Gasteiger partial charge on any atom is -0.398 e. The normalized spacial score (nSPS) is 10.3. The Morgan fingerprint density at radius 1 is 1.16 bits per heavy atom. The van der Waals surface area contributed by atoms with Crippen molar-refractivity contribution >= 4 is 49.1 Å². The molecular formula is C14H12Br2N2O. The maximum Gasteiger partial charge on any atom is 0.257 e. The van der Waals surface area contributed by atoms with Crippen LogP contribution in [0.2, 0.25) is 0 Å². The molecule has 0 spiro atoms. The molecule has 2 rings (SSSR count). The summed E-state index contributed by atoms with van der Waals surface area (Å²) >= 11 is 6.77. The first kappa shape index (κ1) is 14.1. The number of aryl methyl sites for hydroxylation is 1. The van der Waals surface area contributed by atoms with Crippen molar-refractivity contribution in [2.75, 3.05) is 11.1 Å². The number of halogens is 2. The molecule has 1 amide bonds. The number of carbonyl (C=O) groups excluding carboxylic acids is 1. The molecule has 0 aliphatic heterocycles. The summed E-state index contributed by atoms with van der Waals surface area (Å²) in [5, 5.41) is 2.83. The van der Waals surface area contributed by atoms with Crippen LogP contribution < -0.4 is 11.1 Å². The first-order valence-electron chi connectivity index (χ1n) is 5.60. The lowest BCUT2D eigenvalue weighted by Gasteiger charge is -2.10. The molecule has 0 saturated heterocycles. The van der Waals surface area contributed by atoms with Gasteiger partial charge >= 0.3 is 0 Å². The molecule has 0 radical (unpaired) electrons. The van der Waals surface area contributed by atoms with Gasteiger partial charge in [0.1, 0.15) is 0 Å². The Kier molecular flexibility index (Phi) is 4.27. The van der Waals surface area contributed by atoms with E-state index in [1.165, 1.54) is 0 Å². The number of benzene rings is 2. The van der Waals surface area contributed by atoms with Gasteiger partial charge in [0.15, 0.2) is 0 Å². The lowest BCUT2D eigenvalue weighted by molar-refractivity contribution is 0.102. The van der Waals surface area contributed by atoms with Gasteiger partial charge in [0.25, 0.3) is 5.91 Å². The molecule has 0 saturated carbocycles. The average molecular weight is 384 g/mol. The molecule has 0 bridgehead atoms. The van der Waals surface area contributed by atoms with Gasteiger partial charge in [-0.3, -0.25) is 4.79 Å². The van der Waals surface area contributed by atoms with Crippen LogP contribution in [0.15, 0.2) is 45.3 Å². The third-order valence-electron chi connectivity index (χ3n) is 2.63. The predicted octanol–water partition coefficient (Wildman–Crippen LogP) is 4.35. The van der Waals surface area contributed by atoms with Crippen LogP contribution in [0.5, 0.6) is 0 Å². The van der Waals surface area contributed by atoms with Crippen molar-refractivity contribution < 1.29 is 4.79 Å². The van der Waals surface area contributed by atoms with Crippen molar-refractivity contribution in [1.29, 1.82) is 0 Å². The van der Waals surface area contributed by atoms with E-state index in [2.05, 4.69) is 37.2 Å². The maximum atomic E-state index is 12.2. The second-order valence-electron chi connectivity index (χ2n) is 4.17. The Balaban J connectivity index is 2.25. The topological polar surface area (TPSA) is 55.1 Å². The number of amides is 1. The van der Waals surface area contributed by atoms with E-state index in [1.807, 2.05) is 31.2 Å². The van der Waals surface area contributed by atoms with E-state index in [0.717, 1.165) is 14.5 Å². The van der Waals surface area contributed by atoms with Gasteiger partial charge in [0.05, 0.1) is 11.3 Å². The Morgan fingerprint density at radius 2 is 1.89 bits per heavy atom. The molecule has 19 heavy (non-hydrogen) atoms. The summed E-state index contributed by atoms with van der Waals surface area (Å²) in [6.07, 6.45) is 0. The van der Waals surface area contributed by atoms with Crippen molar-refractivity contribution in [2.24, 2.45) is 0 Å². The quantitative estimate of drug-likeness (QED) is 0.757. The summed E-state index contributed by atoms with van der Waals surface area (Å²) in [7, 11) is 0. The molecule has 3 N–H and O–H groups in total. The molecular weight excluding hydrogens is 372 g/mol. The lowest BCUT2D eigenvalue weighted by atomic mass is 10.1. The predicted molar refractivity (Wildman–Crippen MR) is 85.4 cm³/mol. The fraction of sp³-hybridized carbons (Fsp3) is 0.0714. The largest absolute Gasteiger partial charge is 0.398 e. The van der Waals surface area contributed by atoms with Gasteiger partial charge in [-0.15, -0.1) is 0 Å². The van der Waals surface area contributed by atoms with Crippen molar-refractivity contribution in [3.05, 3.63) is 56.5 Å². The number of hydrogen-bond acceptors (Lipinski definition) is 2. The van der Waals surface area contributed by atoms with Gasteiger partial charge in [-0.25, -0.2) is 0 Å². The van der Waals surface area contributed by atoms with Gasteiger partial charge < -0.3 is 11.1 Å². The molecule has 0 heterocycles. The highest BCUT2D eigenvalue weighted by atomic mass is 79.9. The lowest BCUT2D eigenvalue weighted by Crippen LogP contribution is -2.14. The van der Waals surface area contributed by atoms with Crippen molar-refractivity contribution in [1.82, 2.24) is 0 Å². The second-order valence-corrected chi connectivity index (χ2v) is 5.94. The van der Waals surface area contributed by atoms with E-state index in [0.29, 0.717) is 16.9 Å². The molecule has 5 heteroatoms. The SMILES string of the molecule is Cc1ccc(C(=O)Nc2ccc(Br)cc2Br)c(N)c1. The van der Waals surface area contributed by atoms with Crippen LogP contribution in [-0.2, 0) is 0 Å². The molecule has 3 nitrogen and oxygen atoms in total. The summed E-state index contributed by atoms with van der Waals surface area (Å²) in [6.45, 7) is 1.93. The van der Waals surface area contributed by atoms with Crippen LogP contribution in [0.1, 0.15) is 15.9 Å². The van der Waals surface area contributed by atoms with E-state index >= 15 is 0 Å². The summed E-state index contributed by atoms with van der Waals surface area (Å²) in [5.41, 5.74) is 8.54. The van der Waals surface area contributed by atoms with Crippen molar-refractivity contribution in [3.8, 4) is 0 Å². The van der Waals surface area contributed by atoms with Crippen LogP contribution in [0, 0.1) is 6.92 Å². The van der Waals surface area contributed by atoms with Crippen LogP contribution in [0.3, 0.4) is 0 Å². The van der Waals surface area contributed by atoms with E-state index in [9.17, 15) is 4.79 Å². The van der Waals surface area contributed by atoms with E-state index in [1.54, 1.807) is 12.1 Å². The van der Waals surface area contributed by atoms with Gasteiger partial charge in [0, 0.05) is 14.6 Å². The number of carbonyl (C=O) groups is 1. The van der Waals surface area contributed by atoms with Crippen molar-refractivity contribution in [2.45, 2.75) is 6.92 Å². The first-order valence-corrected chi connectivity index (χ1v) is 7.18. The number of nitrogen functional groups attached to an aromatic ring is 1. The minimum absolute atomic E-state index is 0.222. The molecule has 0 atom stereocenters. The Morgan fingerprint density at radius 3 is 2.53 bits per heavy atom. The summed E-state index contributed by atoms with van der Waals surface area (Å²) in [5.74, 6) is -0.222. The van der Waals surface area contributed by atoms with E-state index < -0.39 is 0 Å². The molecule has 98 valence electrons. The third kappa shape index (κ3) is 3.36. The molecule has 0 aliphatic carbocycles. The average Bonchev–Trinajstić information content (AvgIpc) is 2.32. The summed E-state index contributed by atoms with van der Waals surface area (Å²) in [6, 6.07) is 10.9. The number of hydrogen-bond donors (Lipinski definition) is 2. The number of anilines is 2. The van der Waals surface area contributed by atoms with Gasteiger partial charge in [-0.05, 0) is 58.7 Å². The standard InChI is InChI=1S/C14H12Br2N2O/c1-8-2-4-10(12(17)6-8)14(19)18-13-5-3-9(15)7-11(13)16/h2-7H,17H2,1H3,(H,18,19). The van der Waals surface area contributed by atoms with E-state index in [4.69, 9.17) is 5.73 Å². The Bertz CT molecular complexity index is 641. The molecule has 0 aliphatic rings. The zero-order valence-corrected chi connectivity index (χ0v) is 13.4. The molecule has 0 unspecified atom stereocenters. The van der Waals surface area contributed by atoms with Crippen LogP contribution in [-0.4, -0.2) is 5.91 Å². The number of rotatable bonds is 2. The second kappa shape index (κ2) is 5.75. The van der Waals surface area contributed by atoms with Gasteiger partial charge in [0.2, 0.25) is 0 Å². The first-order chi connectivity index (χ1) is 8.97. The molecule has 0 fully saturated rings.